The van der Waals surface area contributed by atoms with E-state index in [4.69, 9.17) is 0 Å². The summed E-state index contributed by atoms with van der Waals surface area (Å²) in [6.45, 7) is 10.5. The Balaban J connectivity index is 1.69. The van der Waals surface area contributed by atoms with Crippen molar-refractivity contribution in [1.29, 1.82) is 0 Å². The molecule has 1 amide bonds. The molecular weight excluding hydrogens is 316 g/mol. The van der Waals surface area contributed by atoms with Crippen LogP contribution in [-0.2, 0) is 11.2 Å². The standard InChI is InChI=1S/C18H30N6O/c1-3-19-18(21-9-7-17-6-4-5-8-20-17)22-10-11-23-12-14-24(15-13-23)16(2)25/h4-6,8H,3,7,9-15H2,1-2H3,(H2,19,21,22). The van der Waals surface area contributed by atoms with Gasteiger partial charge in [0.1, 0.15) is 0 Å². The van der Waals surface area contributed by atoms with Crippen molar-refractivity contribution in [3.05, 3.63) is 30.1 Å². The van der Waals surface area contributed by atoms with E-state index in [2.05, 4.69) is 32.4 Å². The number of aromatic nitrogens is 1. The van der Waals surface area contributed by atoms with E-state index in [1.165, 1.54) is 0 Å². The molecule has 2 N–H and O–H groups in total. The van der Waals surface area contributed by atoms with Crippen LogP contribution < -0.4 is 10.6 Å². The number of hydrogen-bond donors (Lipinski definition) is 2. The highest BCUT2D eigenvalue weighted by Crippen LogP contribution is 2.01. The normalized spacial score (nSPS) is 15.9. The minimum absolute atomic E-state index is 0.171. The number of aliphatic imine (C=N–C) groups is 1. The molecule has 138 valence electrons. The lowest BCUT2D eigenvalue weighted by Crippen LogP contribution is -2.48. The van der Waals surface area contributed by atoms with Crippen molar-refractivity contribution in [2.24, 2.45) is 4.99 Å². The van der Waals surface area contributed by atoms with Crippen LogP contribution in [-0.4, -0.2) is 79.0 Å². The highest BCUT2D eigenvalue weighted by Gasteiger charge is 2.17. The van der Waals surface area contributed by atoms with Crippen LogP contribution in [0.15, 0.2) is 29.4 Å². The van der Waals surface area contributed by atoms with Gasteiger partial charge in [0.05, 0.1) is 6.54 Å². The maximum atomic E-state index is 11.3. The highest BCUT2D eigenvalue weighted by molar-refractivity contribution is 5.79. The summed E-state index contributed by atoms with van der Waals surface area (Å²) in [4.78, 5) is 24.6. The van der Waals surface area contributed by atoms with Gasteiger partial charge >= 0.3 is 0 Å². The average molecular weight is 346 g/mol. The largest absolute Gasteiger partial charge is 0.357 e. The quantitative estimate of drug-likeness (QED) is 0.550. The first-order valence-corrected chi connectivity index (χ1v) is 9.09. The average Bonchev–Trinajstić information content (AvgIpc) is 2.63. The van der Waals surface area contributed by atoms with E-state index in [9.17, 15) is 4.79 Å². The number of guanidine groups is 1. The van der Waals surface area contributed by atoms with E-state index < -0.39 is 0 Å². The Morgan fingerprint density at radius 3 is 2.68 bits per heavy atom. The Morgan fingerprint density at radius 1 is 1.24 bits per heavy atom. The lowest BCUT2D eigenvalue weighted by molar-refractivity contribution is -0.130. The first-order chi connectivity index (χ1) is 12.2. The summed E-state index contributed by atoms with van der Waals surface area (Å²) in [5.74, 6) is 1.02. The second-order valence-corrected chi connectivity index (χ2v) is 6.11. The van der Waals surface area contributed by atoms with Crippen LogP contribution in [0.2, 0.25) is 0 Å². The van der Waals surface area contributed by atoms with Crippen LogP contribution in [0.1, 0.15) is 19.5 Å². The third kappa shape index (κ3) is 7.09. The maximum Gasteiger partial charge on any atom is 0.219 e. The SMILES string of the molecule is CCNC(=NCCN1CCN(C(C)=O)CC1)NCCc1ccccn1. The number of carbonyl (C=O) groups excluding carboxylic acids is 1. The number of hydrogen-bond acceptors (Lipinski definition) is 4. The van der Waals surface area contributed by atoms with Gasteiger partial charge in [0.25, 0.3) is 0 Å². The summed E-state index contributed by atoms with van der Waals surface area (Å²) in [5, 5.41) is 6.63. The summed E-state index contributed by atoms with van der Waals surface area (Å²) >= 11 is 0. The van der Waals surface area contributed by atoms with Gasteiger partial charge in [-0.05, 0) is 19.1 Å². The molecule has 0 radical (unpaired) electrons. The molecule has 7 heteroatoms. The van der Waals surface area contributed by atoms with Crippen LogP contribution in [0.3, 0.4) is 0 Å². The van der Waals surface area contributed by atoms with E-state index in [1.807, 2.05) is 29.3 Å². The first kappa shape index (κ1) is 19.2. The Hall–Kier alpha value is -2.15. The zero-order valence-electron chi connectivity index (χ0n) is 15.4. The van der Waals surface area contributed by atoms with Crippen molar-refractivity contribution in [3.8, 4) is 0 Å². The molecule has 1 aromatic rings. The number of piperazine rings is 1. The lowest BCUT2D eigenvalue weighted by atomic mass is 10.3. The van der Waals surface area contributed by atoms with E-state index in [0.717, 1.165) is 70.4 Å². The smallest absolute Gasteiger partial charge is 0.219 e. The monoisotopic (exact) mass is 346 g/mol. The molecule has 25 heavy (non-hydrogen) atoms. The minimum atomic E-state index is 0.171. The topological polar surface area (TPSA) is 72.9 Å². The molecule has 7 nitrogen and oxygen atoms in total. The zero-order chi connectivity index (χ0) is 17.9. The van der Waals surface area contributed by atoms with Crippen molar-refractivity contribution in [1.82, 2.24) is 25.4 Å². The molecule has 0 unspecified atom stereocenters. The van der Waals surface area contributed by atoms with Crippen molar-refractivity contribution in [2.75, 3.05) is 52.4 Å². The number of nitrogens with zero attached hydrogens (tertiary/aromatic N) is 4. The molecule has 2 rings (SSSR count). The van der Waals surface area contributed by atoms with Gasteiger partial charge < -0.3 is 15.5 Å². The molecule has 0 aliphatic carbocycles. The first-order valence-electron chi connectivity index (χ1n) is 9.09. The molecule has 1 aromatic heterocycles. The molecular formula is C18H30N6O. The Labute approximate surface area is 150 Å². The van der Waals surface area contributed by atoms with Gasteiger partial charge in [-0.25, -0.2) is 0 Å². The van der Waals surface area contributed by atoms with Crippen LogP contribution in [0.5, 0.6) is 0 Å². The van der Waals surface area contributed by atoms with Gasteiger partial charge in [-0.3, -0.25) is 19.7 Å². The molecule has 0 spiro atoms. The van der Waals surface area contributed by atoms with Gasteiger partial charge in [-0.15, -0.1) is 0 Å². The molecule has 1 saturated heterocycles. The summed E-state index contributed by atoms with van der Waals surface area (Å²) in [6.07, 6.45) is 2.69. The Bertz CT molecular complexity index is 540. The van der Waals surface area contributed by atoms with Crippen LogP contribution >= 0.6 is 0 Å². The molecule has 2 heterocycles. The fraction of sp³-hybridized carbons (Fsp3) is 0.611. The maximum absolute atomic E-state index is 11.3. The van der Waals surface area contributed by atoms with Crippen molar-refractivity contribution in [2.45, 2.75) is 20.3 Å². The Kier molecular flexibility index (Phi) is 8.18. The molecule has 0 atom stereocenters. The molecule has 0 aromatic carbocycles. The number of nitrogens with one attached hydrogen (secondary N) is 2. The number of amides is 1. The second kappa shape index (κ2) is 10.7. The van der Waals surface area contributed by atoms with E-state index in [-0.39, 0.29) is 5.91 Å². The van der Waals surface area contributed by atoms with Crippen molar-refractivity contribution >= 4 is 11.9 Å². The van der Waals surface area contributed by atoms with E-state index >= 15 is 0 Å². The number of rotatable bonds is 7. The minimum Gasteiger partial charge on any atom is -0.357 e. The highest BCUT2D eigenvalue weighted by atomic mass is 16.2. The van der Waals surface area contributed by atoms with E-state index in [0.29, 0.717) is 0 Å². The van der Waals surface area contributed by atoms with Crippen molar-refractivity contribution < 1.29 is 4.79 Å². The third-order valence-corrected chi connectivity index (χ3v) is 4.25. The number of carbonyl (C=O) groups is 1. The molecule has 0 bridgehead atoms. The van der Waals surface area contributed by atoms with Gasteiger partial charge in [-0.2, -0.15) is 0 Å². The number of pyridine rings is 1. The van der Waals surface area contributed by atoms with Gasteiger partial charge in [0, 0.05) is 71.0 Å². The third-order valence-electron chi connectivity index (χ3n) is 4.25. The van der Waals surface area contributed by atoms with Crippen LogP contribution in [0.4, 0.5) is 0 Å². The summed E-state index contributed by atoms with van der Waals surface area (Å²) in [6, 6.07) is 5.97. The van der Waals surface area contributed by atoms with Gasteiger partial charge in [-0.1, -0.05) is 6.07 Å². The zero-order valence-corrected chi connectivity index (χ0v) is 15.4. The summed E-state index contributed by atoms with van der Waals surface area (Å²) < 4.78 is 0. The molecule has 1 fully saturated rings. The predicted octanol–water partition coefficient (Wildman–Crippen LogP) is 0.343. The van der Waals surface area contributed by atoms with E-state index in [1.54, 1.807) is 6.92 Å². The summed E-state index contributed by atoms with van der Waals surface area (Å²) in [7, 11) is 0. The molecule has 1 aliphatic heterocycles. The Morgan fingerprint density at radius 2 is 2.04 bits per heavy atom. The van der Waals surface area contributed by atoms with Crippen LogP contribution in [0.25, 0.3) is 0 Å². The summed E-state index contributed by atoms with van der Waals surface area (Å²) in [5.41, 5.74) is 1.08. The molecule has 1 aliphatic rings. The van der Waals surface area contributed by atoms with Crippen molar-refractivity contribution in [3.63, 3.8) is 0 Å². The van der Waals surface area contributed by atoms with Gasteiger partial charge in [0.15, 0.2) is 5.96 Å². The fourth-order valence-electron chi connectivity index (χ4n) is 2.79. The predicted molar refractivity (Wildman–Crippen MR) is 101 cm³/mol. The molecule has 0 saturated carbocycles. The van der Waals surface area contributed by atoms with Gasteiger partial charge in [0.2, 0.25) is 5.91 Å². The fourth-order valence-corrected chi connectivity index (χ4v) is 2.79. The second-order valence-electron chi connectivity index (χ2n) is 6.11. The lowest BCUT2D eigenvalue weighted by Gasteiger charge is -2.33. The van der Waals surface area contributed by atoms with Crippen LogP contribution in [0, 0.1) is 0 Å².